The third kappa shape index (κ3) is 41.4. The molecule has 1 fully saturated rings. The van der Waals surface area contributed by atoms with E-state index >= 15 is 0 Å². The Hall–Kier alpha value is -2.28. The van der Waals surface area contributed by atoms with E-state index in [2.05, 4.69) is 75.0 Å². The van der Waals surface area contributed by atoms with Gasteiger partial charge in [0.25, 0.3) is 0 Å². The second-order valence-corrected chi connectivity index (χ2v) is 23.1. The summed E-state index contributed by atoms with van der Waals surface area (Å²) in [7, 11) is 0. The normalized spacial score (nSPS) is 14.9. The van der Waals surface area contributed by atoms with Gasteiger partial charge < -0.3 is 28.7 Å². The van der Waals surface area contributed by atoms with Gasteiger partial charge in [-0.05, 0) is 70.6 Å². The number of esters is 4. The van der Waals surface area contributed by atoms with Gasteiger partial charge in [-0.1, -0.05) is 197 Å². The Morgan fingerprint density at radius 3 is 1.01 bits per heavy atom. The molecule has 1 aliphatic heterocycles. The van der Waals surface area contributed by atoms with Crippen LogP contribution in [-0.4, -0.2) is 147 Å². The molecule has 0 bridgehead atoms. The van der Waals surface area contributed by atoms with E-state index in [1.165, 1.54) is 83.5 Å². The summed E-state index contributed by atoms with van der Waals surface area (Å²) in [5, 5.41) is 0. The molecule has 0 radical (unpaired) electrons. The van der Waals surface area contributed by atoms with Crippen LogP contribution in [0.1, 0.15) is 287 Å². The fourth-order valence-corrected chi connectivity index (χ4v) is 10.7. The molecule has 1 aliphatic rings. The van der Waals surface area contributed by atoms with Gasteiger partial charge in [0.05, 0.1) is 25.2 Å². The summed E-state index contributed by atoms with van der Waals surface area (Å²) < 4.78 is 24.5. The summed E-state index contributed by atoms with van der Waals surface area (Å²) in [6.07, 6.45) is 36.6. The van der Waals surface area contributed by atoms with Crippen molar-refractivity contribution in [3.63, 3.8) is 0 Å². The van der Waals surface area contributed by atoms with Gasteiger partial charge >= 0.3 is 23.9 Å². The molecule has 0 aromatic heterocycles. The zero-order chi connectivity index (χ0) is 56.4. The predicted molar refractivity (Wildman–Crippen MR) is 321 cm³/mol. The zero-order valence-electron chi connectivity index (χ0n) is 52.0. The van der Waals surface area contributed by atoms with Crippen LogP contribution in [0.15, 0.2) is 0 Å². The molecule has 1 rings (SSSR count). The quantitative estimate of drug-likeness (QED) is 0.0328. The van der Waals surface area contributed by atoms with Crippen LogP contribution in [0.2, 0.25) is 0 Å². The van der Waals surface area contributed by atoms with Crippen molar-refractivity contribution in [3.05, 3.63) is 0 Å². The van der Waals surface area contributed by atoms with Crippen LogP contribution in [0.4, 0.5) is 0 Å². The number of carbonyl (C=O) groups excluding carboxylic acids is 4. The zero-order valence-corrected chi connectivity index (χ0v) is 52.0. The Bertz CT molecular complexity index is 1340. The van der Waals surface area contributed by atoms with Crippen molar-refractivity contribution in [3.8, 4) is 0 Å². The third-order valence-electron chi connectivity index (χ3n) is 16.0. The molecule has 0 aromatic carbocycles. The minimum absolute atomic E-state index is 0.00414. The van der Waals surface area contributed by atoms with Crippen molar-refractivity contribution in [2.75, 3.05) is 85.1 Å². The Balaban J connectivity index is 3.18. The molecule has 1 saturated heterocycles. The lowest BCUT2D eigenvalue weighted by molar-refractivity contribution is -0.152. The summed E-state index contributed by atoms with van der Waals surface area (Å²) in [6.45, 7) is 27.2. The first kappa shape index (κ1) is 72.7. The number of piperazine rings is 1. The standard InChI is InChI=1S/C65H126N4O8/c1-9-17-25-30-35-58(34-29-21-13-5)65(73)74-57-56-69-54-52-68(53-55-69)51-50-67(47-44-64(72)77-61(38-24-16-8)41-33-28-20-12-4)49-48-66(45-42-62(70)75-59(36-22-14-6)39-31-26-18-10-2)46-43-63(71)76-60(37-23-15-7)40-32-27-19-11-3/h58-61H,9-57H2,1-8H3. The maximum absolute atomic E-state index is 13.6. The van der Waals surface area contributed by atoms with Gasteiger partial charge in [-0.25, -0.2) is 0 Å². The average Bonchev–Trinajstić information content (AvgIpc) is 3.43. The summed E-state index contributed by atoms with van der Waals surface area (Å²) >= 11 is 0. The fourth-order valence-electron chi connectivity index (χ4n) is 10.7. The molecule has 1 heterocycles. The minimum Gasteiger partial charge on any atom is -0.464 e. The van der Waals surface area contributed by atoms with Crippen molar-refractivity contribution in [1.29, 1.82) is 0 Å². The van der Waals surface area contributed by atoms with Gasteiger partial charge in [0.15, 0.2) is 0 Å². The van der Waals surface area contributed by atoms with Crippen LogP contribution in [-0.2, 0) is 38.1 Å². The van der Waals surface area contributed by atoms with Crippen molar-refractivity contribution in [2.45, 2.75) is 305 Å². The van der Waals surface area contributed by atoms with Crippen molar-refractivity contribution in [1.82, 2.24) is 19.6 Å². The number of carbonyl (C=O) groups is 4. The van der Waals surface area contributed by atoms with E-state index in [1.807, 2.05) is 0 Å². The molecule has 0 aromatic rings. The maximum Gasteiger partial charge on any atom is 0.308 e. The molecular formula is C65H126N4O8. The van der Waals surface area contributed by atoms with Gasteiger partial charge in [0.1, 0.15) is 24.9 Å². The molecule has 0 aliphatic carbocycles. The van der Waals surface area contributed by atoms with Crippen LogP contribution < -0.4 is 0 Å². The highest BCUT2D eigenvalue weighted by Crippen LogP contribution is 2.21. The smallest absolute Gasteiger partial charge is 0.308 e. The average molecular weight is 1090 g/mol. The molecule has 77 heavy (non-hydrogen) atoms. The molecule has 0 spiro atoms. The SMILES string of the molecule is CCCCCCC(CCCC)OC(=O)CCN(CCC(=O)OC(CCCC)CCCCCC)CCN(CCC(=O)OC(CCCC)CCCCCC)CCN1CCN(CCOC(=O)C(CCCCC)CCCCCC)CC1. The fraction of sp³-hybridized carbons (Fsp3) is 0.938. The lowest BCUT2D eigenvalue weighted by atomic mass is 9.95. The second-order valence-electron chi connectivity index (χ2n) is 23.1. The predicted octanol–water partition coefficient (Wildman–Crippen LogP) is 15.3. The van der Waals surface area contributed by atoms with Crippen molar-refractivity contribution in [2.24, 2.45) is 5.92 Å². The highest BCUT2D eigenvalue weighted by molar-refractivity contribution is 5.72. The van der Waals surface area contributed by atoms with Gasteiger partial charge in [-0.2, -0.15) is 0 Å². The summed E-state index contributed by atoms with van der Waals surface area (Å²) in [5.41, 5.74) is 0. The van der Waals surface area contributed by atoms with Gasteiger partial charge in [-0.15, -0.1) is 0 Å². The van der Waals surface area contributed by atoms with E-state index in [9.17, 15) is 19.2 Å². The third-order valence-corrected chi connectivity index (χ3v) is 16.0. The molecule has 0 amide bonds. The van der Waals surface area contributed by atoms with E-state index in [0.29, 0.717) is 45.8 Å². The Morgan fingerprint density at radius 1 is 0.351 bits per heavy atom. The Morgan fingerprint density at radius 2 is 0.649 bits per heavy atom. The molecular weight excluding hydrogens is 965 g/mol. The number of nitrogens with zero attached hydrogens (tertiary/aromatic N) is 4. The number of unbranched alkanes of at least 4 members (excludes halogenated alkanes) is 17. The van der Waals surface area contributed by atoms with E-state index < -0.39 is 0 Å². The van der Waals surface area contributed by atoms with Crippen molar-refractivity contribution >= 4 is 23.9 Å². The number of rotatable bonds is 55. The molecule has 4 atom stereocenters. The molecule has 12 heteroatoms. The van der Waals surface area contributed by atoms with E-state index in [-0.39, 0.29) is 60.9 Å². The van der Waals surface area contributed by atoms with E-state index in [1.54, 1.807) is 0 Å². The highest BCUT2D eigenvalue weighted by Gasteiger charge is 2.24. The van der Waals surface area contributed by atoms with E-state index in [0.717, 1.165) is 174 Å². The molecule has 454 valence electrons. The minimum atomic E-state index is -0.158. The van der Waals surface area contributed by atoms with Crippen LogP contribution in [0.25, 0.3) is 0 Å². The van der Waals surface area contributed by atoms with E-state index in [4.69, 9.17) is 18.9 Å². The molecule has 12 nitrogen and oxygen atoms in total. The number of hydrogen-bond donors (Lipinski definition) is 0. The second kappa shape index (κ2) is 51.8. The van der Waals surface area contributed by atoms with Gasteiger partial charge in [-0.3, -0.25) is 29.0 Å². The van der Waals surface area contributed by atoms with Crippen molar-refractivity contribution < 1.29 is 38.1 Å². The van der Waals surface area contributed by atoms with Crippen LogP contribution >= 0.6 is 0 Å². The Kier molecular flexibility index (Phi) is 49.0. The lowest BCUT2D eigenvalue weighted by Crippen LogP contribution is -2.49. The topological polar surface area (TPSA) is 118 Å². The molecule has 0 saturated carbocycles. The first-order valence-electron chi connectivity index (χ1n) is 33.2. The monoisotopic (exact) mass is 1090 g/mol. The first-order valence-corrected chi connectivity index (χ1v) is 33.2. The molecule has 0 N–H and O–H groups in total. The summed E-state index contributed by atoms with van der Waals surface area (Å²) in [5.74, 6) is -0.416. The lowest BCUT2D eigenvalue weighted by Gasteiger charge is -2.36. The number of hydrogen-bond acceptors (Lipinski definition) is 12. The largest absolute Gasteiger partial charge is 0.464 e. The van der Waals surface area contributed by atoms with Gasteiger partial charge in [0.2, 0.25) is 0 Å². The van der Waals surface area contributed by atoms with Crippen LogP contribution in [0.5, 0.6) is 0 Å². The highest BCUT2D eigenvalue weighted by atomic mass is 16.6. The summed E-state index contributed by atoms with van der Waals surface area (Å²) in [6, 6.07) is 0. The first-order chi connectivity index (χ1) is 37.5. The Labute approximate surface area is 475 Å². The van der Waals surface area contributed by atoms with Crippen LogP contribution in [0, 0.1) is 5.92 Å². The number of ether oxygens (including phenoxy) is 4. The summed E-state index contributed by atoms with van der Waals surface area (Å²) in [4.78, 5) is 63.6. The van der Waals surface area contributed by atoms with Gasteiger partial charge in [0, 0.05) is 78.5 Å². The van der Waals surface area contributed by atoms with Crippen LogP contribution in [0.3, 0.4) is 0 Å². The maximum atomic E-state index is 13.6. The molecule has 4 unspecified atom stereocenters.